The predicted octanol–water partition coefficient (Wildman–Crippen LogP) is 3.24. The van der Waals surface area contributed by atoms with E-state index in [0.717, 1.165) is 18.4 Å². The molecule has 0 aromatic rings. The second-order valence-corrected chi connectivity index (χ2v) is 5.72. The molecule has 2 heterocycles. The summed E-state index contributed by atoms with van der Waals surface area (Å²) in [7, 11) is 0. The third-order valence-corrected chi connectivity index (χ3v) is 4.79. The second kappa shape index (κ2) is 2.73. The highest BCUT2D eigenvalue weighted by Crippen LogP contribution is 2.54. The molecule has 1 heteroatoms. The molecule has 0 radical (unpaired) electrons. The van der Waals surface area contributed by atoms with Crippen molar-refractivity contribution in [2.24, 2.45) is 17.3 Å². The molecule has 2 saturated heterocycles. The maximum absolute atomic E-state index is 6.04. The molecule has 0 N–H and O–H groups in total. The van der Waals surface area contributed by atoms with Crippen molar-refractivity contribution in [1.82, 2.24) is 0 Å². The van der Waals surface area contributed by atoms with Gasteiger partial charge in [0.15, 0.2) is 0 Å². The molecule has 0 amide bonds. The van der Waals surface area contributed by atoms with E-state index in [1.54, 1.807) is 0 Å². The second-order valence-electron chi connectivity index (χ2n) is 5.72. The molecule has 3 atom stereocenters. The Morgan fingerprint density at radius 1 is 1.31 bits per heavy atom. The largest absolute Gasteiger partial charge is 0.374 e. The fraction of sp³-hybridized carbons (Fsp3) is 1.00. The van der Waals surface area contributed by atoms with E-state index >= 15 is 0 Å². The lowest BCUT2D eigenvalue weighted by Gasteiger charge is -2.57. The molecule has 0 aromatic heterocycles. The SMILES string of the molecule is CC(C)C12CC[C@](C)(OC1)C(C)C2. The van der Waals surface area contributed by atoms with Gasteiger partial charge in [0.05, 0.1) is 12.2 Å². The Morgan fingerprint density at radius 3 is 2.38 bits per heavy atom. The van der Waals surface area contributed by atoms with Crippen molar-refractivity contribution in [2.45, 2.75) is 52.6 Å². The van der Waals surface area contributed by atoms with E-state index in [9.17, 15) is 0 Å². The van der Waals surface area contributed by atoms with Gasteiger partial charge in [0.2, 0.25) is 0 Å². The van der Waals surface area contributed by atoms with Crippen LogP contribution in [0, 0.1) is 17.3 Å². The van der Waals surface area contributed by atoms with Crippen LogP contribution in [0.5, 0.6) is 0 Å². The van der Waals surface area contributed by atoms with Gasteiger partial charge >= 0.3 is 0 Å². The highest BCUT2D eigenvalue weighted by atomic mass is 16.5. The highest BCUT2D eigenvalue weighted by molar-refractivity contribution is 5.01. The number of rotatable bonds is 1. The van der Waals surface area contributed by atoms with E-state index in [-0.39, 0.29) is 5.60 Å². The predicted molar refractivity (Wildman–Crippen MR) is 54.6 cm³/mol. The van der Waals surface area contributed by atoms with Crippen molar-refractivity contribution in [3.63, 3.8) is 0 Å². The monoisotopic (exact) mass is 182 g/mol. The molecule has 0 spiro atoms. The molecule has 3 fully saturated rings. The molecule has 2 bridgehead atoms. The third-order valence-electron chi connectivity index (χ3n) is 4.79. The van der Waals surface area contributed by atoms with E-state index in [2.05, 4.69) is 27.7 Å². The van der Waals surface area contributed by atoms with Gasteiger partial charge in [-0.3, -0.25) is 0 Å². The van der Waals surface area contributed by atoms with Gasteiger partial charge in [0.25, 0.3) is 0 Å². The van der Waals surface area contributed by atoms with E-state index in [1.165, 1.54) is 19.3 Å². The molecule has 1 saturated carbocycles. The summed E-state index contributed by atoms with van der Waals surface area (Å²) >= 11 is 0. The minimum absolute atomic E-state index is 0.205. The minimum atomic E-state index is 0.205. The Labute approximate surface area is 81.9 Å². The van der Waals surface area contributed by atoms with Crippen LogP contribution in [-0.2, 0) is 4.74 Å². The Morgan fingerprint density at radius 2 is 2.00 bits per heavy atom. The van der Waals surface area contributed by atoms with Crippen molar-refractivity contribution in [1.29, 1.82) is 0 Å². The summed E-state index contributed by atoms with van der Waals surface area (Å²) in [6.07, 6.45) is 4.03. The van der Waals surface area contributed by atoms with Crippen LogP contribution in [0.3, 0.4) is 0 Å². The van der Waals surface area contributed by atoms with Gasteiger partial charge in [-0.1, -0.05) is 20.8 Å². The first-order chi connectivity index (χ1) is 5.99. The van der Waals surface area contributed by atoms with Crippen molar-refractivity contribution < 1.29 is 4.74 Å². The molecule has 2 aliphatic heterocycles. The van der Waals surface area contributed by atoms with Gasteiger partial charge in [-0.05, 0) is 43.4 Å². The first-order valence-corrected chi connectivity index (χ1v) is 5.62. The molecule has 13 heavy (non-hydrogen) atoms. The summed E-state index contributed by atoms with van der Waals surface area (Å²) in [4.78, 5) is 0. The van der Waals surface area contributed by atoms with Crippen LogP contribution in [0.1, 0.15) is 47.0 Å². The lowest BCUT2D eigenvalue weighted by molar-refractivity contribution is -0.216. The maximum Gasteiger partial charge on any atom is 0.0680 e. The van der Waals surface area contributed by atoms with Gasteiger partial charge in [-0.15, -0.1) is 0 Å². The average Bonchev–Trinajstić information content (AvgIpc) is 2.08. The molecular formula is C12H22O. The molecular weight excluding hydrogens is 160 g/mol. The smallest absolute Gasteiger partial charge is 0.0680 e. The number of hydrogen-bond donors (Lipinski definition) is 0. The van der Waals surface area contributed by atoms with Crippen molar-refractivity contribution >= 4 is 0 Å². The normalized spacial score (nSPS) is 50.1. The first kappa shape index (κ1) is 9.51. The summed E-state index contributed by atoms with van der Waals surface area (Å²) in [5, 5.41) is 0. The molecule has 76 valence electrons. The van der Waals surface area contributed by atoms with Gasteiger partial charge < -0.3 is 4.74 Å². The topological polar surface area (TPSA) is 9.23 Å². The van der Waals surface area contributed by atoms with E-state index < -0.39 is 0 Å². The summed E-state index contributed by atoms with van der Waals surface area (Å²) in [5.74, 6) is 1.53. The first-order valence-electron chi connectivity index (χ1n) is 5.62. The van der Waals surface area contributed by atoms with Crippen LogP contribution in [0.2, 0.25) is 0 Å². The fourth-order valence-electron chi connectivity index (χ4n) is 3.02. The van der Waals surface area contributed by atoms with Crippen LogP contribution in [0.15, 0.2) is 0 Å². The minimum Gasteiger partial charge on any atom is -0.374 e. The van der Waals surface area contributed by atoms with Crippen LogP contribution >= 0.6 is 0 Å². The van der Waals surface area contributed by atoms with Crippen LogP contribution in [0.25, 0.3) is 0 Å². The zero-order valence-corrected chi connectivity index (χ0v) is 9.39. The van der Waals surface area contributed by atoms with E-state index in [0.29, 0.717) is 5.41 Å². The number of fused-ring (bicyclic) bond motifs is 3. The van der Waals surface area contributed by atoms with E-state index in [4.69, 9.17) is 4.74 Å². The van der Waals surface area contributed by atoms with Gasteiger partial charge in [0.1, 0.15) is 0 Å². The molecule has 3 rings (SSSR count). The van der Waals surface area contributed by atoms with Crippen molar-refractivity contribution in [3.05, 3.63) is 0 Å². The van der Waals surface area contributed by atoms with Crippen LogP contribution in [-0.4, -0.2) is 12.2 Å². The Balaban J connectivity index is 2.21. The molecule has 1 nitrogen and oxygen atoms in total. The lowest BCUT2D eigenvalue weighted by atomic mass is 9.58. The van der Waals surface area contributed by atoms with E-state index in [1.807, 2.05) is 0 Å². The van der Waals surface area contributed by atoms with Gasteiger partial charge in [-0.25, -0.2) is 0 Å². The standard InChI is InChI=1S/C12H22O/c1-9(2)12-6-5-11(4,13-8-12)10(3)7-12/h9-10H,5-8H2,1-4H3/t10?,11-,12?/m0/s1. The van der Waals surface area contributed by atoms with Crippen LogP contribution < -0.4 is 0 Å². The zero-order valence-electron chi connectivity index (χ0n) is 9.39. The Kier molecular flexibility index (Phi) is 1.99. The van der Waals surface area contributed by atoms with Gasteiger partial charge in [0, 0.05) is 0 Å². The maximum atomic E-state index is 6.04. The summed E-state index contributed by atoms with van der Waals surface area (Å²) < 4.78 is 6.04. The summed E-state index contributed by atoms with van der Waals surface area (Å²) in [5.41, 5.74) is 0.716. The molecule has 0 aromatic carbocycles. The zero-order chi connectivity index (χ0) is 9.69. The quantitative estimate of drug-likeness (QED) is 0.605. The number of hydrogen-bond acceptors (Lipinski definition) is 1. The molecule has 1 aliphatic carbocycles. The summed E-state index contributed by atoms with van der Waals surface area (Å²) in [6.45, 7) is 10.4. The Bertz CT molecular complexity index is 199. The average molecular weight is 182 g/mol. The Hall–Kier alpha value is -0.0400. The molecule has 3 aliphatic rings. The van der Waals surface area contributed by atoms with Crippen LogP contribution in [0.4, 0.5) is 0 Å². The summed E-state index contributed by atoms with van der Waals surface area (Å²) in [6, 6.07) is 0. The number of ether oxygens (including phenoxy) is 1. The van der Waals surface area contributed by atoms with Crippen molar-refractivity contribution in [3.8, 4) is 0 Å². The highest BCUT2D eigenvalue weighted by Gasteiger charge is 2.52. The third kappa shape index (κ3) is 1.24. The fourth-order valence-corrected chi connectivity index (χ4v) is 3.02. The van der Waals surface area contributed by atoms with Gasteiger partial charge in [-0.2, -0.15) is 0 Å². The lowest BCUT2D eigenvalue weighted by Crippen LogP contribution is -2.56. The van der Waals surface area contributed by atoms with Crippen molar-refractivity contribution in [2.75, 3.05) is 6.61 Å². The molecule has 2 unspecified atom stereocenters.